The van der Waals surface area contributed by atoms with Crippen LogP contribution in [0, 0.1) is 5.92 Å². The van der Waals surface area contributed by atoms with Crippen molar-refractivity contribution in [2.45, 2.75) is 50.0 Å². The van der Waals surface area contributed by atoms with Crippen LogP contribution < -0.4 is 10.1 Å². The highest BCUT2D eigenvalue weighted by Gasteiger charge is 2.30. The number of amides is 1. The van der Waals surface area contributed by atoms with Crippen molar-refractivity contribution in [3.05, 3.63) is 59.2 Å². The average molecular weight is 443 g/mol. The molecule has 1 heterocycles. The van der Waals surface area contributed by atoms with Crippen LogP contribution in [0.15, 0.2) is 47.4 Å². The lowest BCUT2D eigenvalue weighted by Crippen LogP contribution is -2.38. The lowest BCUT2D eigenvalue weighted by molar-refractivity contribution is 0.0929. The van der Waals surface area contributed by atoms with Gasteiger partial charge in [0.25, 0.3) is 5.91 Å². The van der Waals surface area contributed by atoms with Crippen molar-refractivity contribution in [3.8, 4) is 5.75 Å². The van der Waals surface area contributed by atoms with Gasteiger partial charge in [0.05, 0.1) is 23.6 Å². The van der Waals surface area contributed by atoms with Gasteiger partial charge < -0.3 is 10.1 Å². The van der Waals surface area contributed by atoms with Gasteiger partial charge in [-0.15, -0.1) is 0 Å². The van der Waals surface area contributed by atoms with Crippen molar-refractivity contribution in [1.29, 1.82) is 0 Å². The lowest BCUT2D eigenvalue weighted by atomic mass is 9.87. The molecule has 1 saturated heterocycles. The van der Waals surface area contributed by atoms with Gasteiger partial charge in [0.2, 0.25) is 10.0 Å². The molecule has 0 saturated carbocycles. The maximum atomic E-state index is 13.2. The van der Waals surface area contributed by atoms with E-state index in [1.807, 2.05) is 12.1 Å². The Morgan fingerprint density at radius 2 is 1.84 bits per heavy atom. The number of methoxy groups -OCH3 is 1. The summed E-state index contributed by atoms with van der Waals surface area (Å²) in [4.78, 5) is 13.3. The van der Waals surface area contributed by atoms with E-state index in [1.165, 1.54) is 29.1 Å². The molecule has 166 valence electrons. The van der Waals surface area contributed by atoms with Crippen LogP contribution >= 0.6 is 0 Å². The van der Waals surface area contributed by atoms with Crippen molar-refractivity contribution in [2.75, 3.05) is 20.2 Å². The zero-order valence-corrected chi connectivity index (χ0v) is 19.0. The zero-order chi connectivity index (χ0) is 22.0. The van der Waals surface area contributed by atoms with Crippen LogP contribution in [0.3, 0.4) is 0 Å². The lowest BCUT2D eigenvalue weighted by Gasteiger charge is -2.29. The molecule has 31 heavy (non-hydrogen) atoms. The van der Waals surface area contributed by atoms with E-state index in [0.29, 0.717) is 24.8 Å². The third-order valence-electron chi connectivity index (χ3n) is 6.47. The van der Waals surface area contributed by atoms with Crippen LogP contribution in [0.5, 0.6) is 5.75 Å². The average Bonchev–Trinajstić information content (AvgIpc) is 2.79. The number of fused-ring (bicyclic) bond motifs is 1. The van der Waals surface area contributed by atoms with Crippen molar-refractivity contribution in [1.82, 2.24) is 9.62 Å². The summed E-state index contributed by atoms with van der Waals surface area (Å²) in [5.74, 6) is 0.581. The summed E-state index contributed by atoms with van der Waals surface area (Å²) >= 11 is 0. The molecule has 1 aliphatic carbocycles. The van der Waals surface area contributed by atoms with E-state index in [9.17, 15) is 13.2 Å². The fourth-order valence-corrected chi connectivity index (χ4v) is 6.04. The van der Waals surface area contributed by atoms with Crippen LogP contribution in [-0.2, 0) is 16.4 Å². The summed E-state index contributed by atoms with van der Waals surface area (Å²) in [5, 5.41) is 3.10. The largest absolute Gasteiger partial charge is 0.496 e. The Bertz CT molecular complexity index is 1060. The number of carbonyl (C=O) groups excluding carboxylic acids is 1. The number of benzene rings is 2. The van der Waals surface area contributed by atoms with Crippen molar-refractivity contribution in [2.24, 2.45) is 5.92 Å². The molecule has 1 amide bonds. The molecule has 7 heteroatoms. The zero-order valence-electron chi connectivity index (χ0n) is 18.1. The number of rotatable bonds is 5. The van der Waals surface area contributed by atoms with Crippen LogP contribution in [0.2, 0.25) is 0 Å². The first-order chi connectivity index (χ1) is 14.9. The second-order valence-corrected chi connectivity index (χ2v) is 10.5. The van der Waals surface area contributed by atoms with E-state index in [-0.39, 0.29) is 22.4 Å². The van der Waals surface area contributed by atoms with E-state index in [4.69, 9.17) is 4.74 Å². The first kappa shape index (κ1) is 21.8. The molecule has 2 aromatic rings. The molecular formula is C24H30N2O4S. The SMILES string of the molecule is COc1ccc(S(=O)(=O)N2CCC(C)CC2)cc1C(=O)N[C@H]1CCCc2ccccc21. The molecule has 1 atom stereocenters. The molecule has 2 aromatic carbocycles. The number of piperidine rings is 1. The number of sulfonamides is 1. The minimum Gasteiger partial charge on any atom is -0.496 e. The predicted octanol–water partition coefficient (Wildman–Crippen LogP) is 3.92. The summed E-state index contributed by atoms with van der Waals surface area (Å²) in [6, 6.07) is 12.6. The smallest absolute Gasteiger partial charge is 0.255 e. The Morgan fingerprint density at radius 1 is 1.10 bits per heavy atom. The summed E-state index contributed by atoms with van der Waals surface area (Å²) < 4.78 is 33.3. The maximum absolute atomic E-state index is 13.2. The molecule has 0 spiro atoms. The highest BCUT2D eigenvalue weighted by atomic mass is 32.2. The third kappa shape index (κ3) is 4.48. The van der Waals surface area contributed by atoms with Gasteiger partial charge in [-0.1, -0.05) is 31.2 Å². The minimum atomic E-state index is -3.65. The minimum absolute atomic E-state index is 0.0917. The van der Waals surface area contributed by atoms with Crippen LogP contribution in [0.25, 0.3) is 0 Å². The summed E-state index contributed by atoms with van der Waals surface area (Å²) in [5.41, 5.74) is 2.63. The van der Waals surface area contributed by atoms with Gasteiger partial charge in [0.1, 0.15) is 5.75 Å². The molecule has 0 unspecified atom stereocenters. The van der Waals surface area contributed by atoms with Crippen molar-refractivity contribution < 1.29 is 17.9 Å². The van der Waals surface area contributed by atoms with Crippen molar-refractivity contribution in [3.63, 3.8) is 0 Å². The van der Waals surface area contributed by atoms with Gasteiger partial charge >= 0.3 is 0 Å². The van der Waals surface area contributed by atoms with Crippen molar-refractivity contribution >= 4 is 15.9 Å². The standard InChI is InChI=1S/C24H30N2O4S/c1-17-12-14-26(15-13-17)31(28,29)19-10-11-23(30-2)21(16-19)24(27)25-22-9-5-7-18-6-3-4-8-20(18)22/h3-4,6,8,10-11,16-17,22H,5,7,9,12-15H2,1-2H3,(H,25,27)/t22-/m0/s1. The number of nitrogens with one attached hydrogen (secondary N) is 1. The van der Waals surface area contributed by atoms with E-state index >= 15 is 0 Å². The van der Waals surface area contributed by atoms with Crippen LogP contribution in [-0.4, -0.2) is 38.8 Å². The van der Waals surface area contributed by atoms with Gasteiger partial charge in [-0.25, -0.2) is 8.42 Å². The predicted molar refractivity (Wildman–Crippen MR) is 120 cm³/mol. The molecule has 0 radical (unpaired) electrons. The van der Waals surface area contributed by atoms with Gasteiger partial charge in [-0.3, -0.25) is 4.79 Å². The van der Waals surface area contributed by atoms with Gasteiger partial charge in [0, 0.05) is 13.1 Å². The number of nitrogens with zero attached hydrogens (tertiary/aromatic N) is 1. The molecular weight excluding hydrogens is 412 g/mol. The first-order valence-corrected chi connectivity index (χ1v) is 12.4. The fourth-order valence-electron chi connectivity index (χ4n) is 4.54. The first-order valence-electron chi connectivity index (χ1n) is 11.0. The third-order valence-corrected chi connectivity index (χ3v) is 8.37. The number of ether oxygens (including phenoxy) is 1. The highest BCUT2D eigenvalue weighted by molar-refractivity contribution is 7.89. The maximum Gasteiger partial charge on any atom is 0.255 e. The van der Waals surface area contributed by atoms with E-state index in [2.05, 4.69) is 24.4 Å². The second kappa shape index (κ2) is 9.01. The van der Waals surface area contributed by atoms with Crippen LogP contribution in [0.1, 0.15) is 60.1 Å². The monoisotopic (exact) mass is 442 g/mol. The molecule has 4 rings (SSSR count). The van der Waals surface area contributed by atoms with E-state index < -0.39 is 10.0 Å². The molecule has 1 aliphatic heterocycles. The summed E-state index contributed by atoms with van der Waals surface area (Å²) in [7, 11) is -2.16. The normalized spacial score (nSPS) is 20.1. The molecule has 0 bridgehead atoms. The van der Waals surface area contributed by atoms with Crippen LogP contribution in [0.4, 0.5) is 0 Å². The Hall–Kier alpha value is -2.38. The molecule has 2 aliphatic rings. The Kier molecular flexibility index (Phi) is 6.34. The topological polar surface area (TPSA) is 75.7 Å². The molecule has 0 aromatic heterocycles. The van der Waals surface area contributed by atoms with E-state index in [1.54, 1.807) is 6.07 Å². The Morgan fingerprint density at radius 3 is 2.58 bits per heavy atom. The number of hydrogen-bond acceptors (Lipinski definition) is 4. The van der Waals surface area contributed by atoms with Gasteiger partial charge in [0.15, 0.2) is 0 Å². The van der Waals surface area contributed by atoms with Gasteiger partial charge in [-0.2, -0.15) is 4.31 Å². The quantitative estimate of drug-likeness (QED) is 0.761. The molecule has 1 N–H and O–H groups in total. The van der Waals surface area contributed by atoms with E-state index in [0.717, 1.165) is 37.7 Å². The summed E-state index contributed by atoms with van der Waals surface area (Å²) in [6.45, 7) is 3.16. The summed E-state index contributed by atoms with van der Waals surface area (Å²) in [6.07, 6.45) is 4.57. The molecule has 6 nitrogen and oxygen atoms in total. The van der Waals surface area contributed by atoms with Gasteiger partial charge in [-0.05, 0) is 67.3 Å². The second-order valence-electron chi connectivity index (χ2n) is 8.57. The Balaban J connectivity index is 1.60. The number of aryl methyl sites for hydroxylation is 1. The molecule has 1 fully saturated rings. The number of carbonyl (C=O) groups is 1. The Labute approximate surface area is 184 Å². The number of hydrogen-bond donors (Lipinski definition) is 1. The highest BCUT2D eigenvalue weighted by Crippen LogP contribution is 2.31. The fraction of sp³-hybridized carbons (Fsp3) is 0.458.